The van der Waals surface area contributed by atoms with Gasteiger partial charge in [0.15, 0.2) is 0 Å². The monoisotopic (exact) mass is 487 g/mol. The third-order valence-corrected chi connectivity index (χ3v) is 9.23. The highest BCUT2D eigenvalue weighted by molar-refractivity contribution is 7.89. The van der Waals surface area contributed by atoms with Crippen molar-refractivity contribution in [1.82, 2.24) is 9.73 Å². The van der Waals surface area contributed by atoms with Gasteiger partial charge in [-0.3, -0.25) is 4.79 Å². The minimum Gasteiger partial charge on any atom is -0.508 e. The quantitative estimate of drug-likeness (QED) is 0.440. The van der Waals surface area contributed by atoms with Gasteiger partial charge in [0.1, 0.15) is 11.5 Å². The summed E-state index contributed by atoms with van der Waals surface area (Å²) in [5, 5.41) is 23.4. The lowest BCUT2D eigenvalue weighted by Gasteiger charge is -2.31. The second-order valence-corrected chi connectivity index (χ2v) is 10.9. The fraction of sp³-hybridized carbons (Fsp3) is 0.440. The van der Waals surface area contributed by atoms with Crippen molar-refractivity contribution >= 4 is 21.6 Å². The minimum atomic E-state index is -3.68. The van der Waals surface area contributed by atoms with E-state index in [1.165, 1.54) is 22.5 Å². The number of carbonyl (C=O) groups is 1. The van der Waals surface area contributed by atoms with Gasteiger partial charge in [0.05, 0.1) is 10.6 Å². The Hall–Kier alpha value is -2.91. The van der Waals surface area contributed by atoms with Gasteiger partial charge in [0.2, 0.25) is 15.9 Å². The molecule has 0 aromatic heterocycles. The summed E-state index contributed by atoms with van der Waals surface area (Å²) in [5.41, 5.74) is 7.96. The fourth-order valence-corrected chi connectivity index (χ4v) is 6.49. The average Bonchev–Trinajstić information content (AvgIpc) is 2.79. The molecule has 0 unspecified atom stereocenters. The first-order valence-corrected chi connectivity index (χ1v) is 12.7. The lowest BCUT2D eigenvalue weighted by Crippen LogP contribution is -2.42. The van der Waals surface area contributed by atoms with Crippen LogP contribution in [0.25, 0.3) is 0 Å². The summed E-state index contributed by atoms with van der Waals surface area (Å²) in [7, 11) is -3.68. The molecule has 0 radical (unpaired) electrons. The number of hydrazone groups is 1. The number of hydrogen-bond donors (Lipinski definition) is 3. The summed E-state index contributed by atoms with van der Waals surface area (Å²) in [5.74, 6) is -0.855. The molecule has 1 aliphatic heterocycles. The molecule has 1 saturated heterocycles. The van der Waals surface area contributed by atoms with Crippen LogP contribution in [0, 0.1) is 40.5 Å². The number of nitrogens with one attached hydrogen (secondary N) is 1. The van der Waals surface area contributed by atoms with Crippen molar-refractivity contribution in [3.05, 3.63) is 51.6 Å². The van der Waals surface area contributed by atoms with E-state index in [0.29, 0.717) is 29.0 Å². The second kappa shape index (κ2) is 9.76. The van der Waals surface area contributed by atoms with Gasteiger partial charge in [-0.1, -0.05) is 0 Å². The zero-order valence-corrected chi connectivity index (χ0v) is 21.4. The van der Waals surface area contributed by atoms with Gasteiger partial charge >= 0.3 is 0 Å². The number of nitrogens with zero attached hydrogens (tertiary/aromatic N) is 2. The highest BCUT2D eigenvalue weighted by Gasteiger charge is 2.34. The maximum absolute atomic E-state index is 13.5. The summed E-state index contributed by atoms with van der Waals surface area (Å²) in [6.07, 6.45) is 0.790. The van der Waals surface area contributed by atoms with Gasteiger partial charge in [-0.25, -0.2) is 13.8 Å². The van der Waals surface area contributed by atoms with E-state index in [2.05, 4.69) is 10.5 Å². The Bertz CT molecular complexity index is 1230. The molecular formula is C25H33N3O5S. The van der Waals surface area contributed by atoms with E-state index in [1.54, 1.807) is 6.92 Å². The molecule has 9 heteroatoms. The summed E-state index contributed by atoms with van der Waals surface area (Å²) in [4.78, 5) is 13.0. The van der Waals surface area contributed by atoms with Crippen LogP contribution in [0.2, 0.25) is 0 Å². The molecule has 3 N–H and O–H groups in total. The standard InChI is InChI=1S/C25H33N3O5S/c1-14-15(2)17(4)24(18(5)16(14)3)34(32,33)28-11-9-20(10-12-28)25(31)27-26-19(6)22-8-7-21(29)13-23(22)30/h7-8,13,20,29-30H,9-12H2,1-6H3,(H,27,31)/b26-19-. The topological polar surface area (TPSA) is 119 Å². The molecule has 34 heavy (non-hydrogen) atoms. The molecule has 1 fully saturated rings. The fourth-order valence-electron chi connectivity index (χ4n) is 4.46. The van der Waals surface area contributed by atoms with Gasteiger partial charge in [0, 0.05) is 30.6 Å². The summed E-state index contributed by atoms with van der Waals surface area (Å²) >= 11 is 0. The third-order valence-electron chi connectivity index (χ3n) is 7.06. The first kappa shape index (κ1) is 25.7. The van der Waals surface area contributed by atoms with E-state index in [0.717, 1.165) is 27.8 Å². The van der Waals surface area contributed by atoms with Gasteiger partial charge in [-0.15, -0.1) is 0 Å². The number of phenolic OH excluding ortho intramolecular Hbond substituents is 2. The van der Waals surface area contributed by atoms with Crippen molar-refractivity contribution in [3.8, 4) is 11.5 Å². The van der Waals surface area contributed by atoms with E-state index < -0.39 is 10.0 Å². The largest absolute Gasteiger partial charge is 0.508 e. The number of amides is 1. The first-order chi connectivity index (χ1) is 15.9. The molecule has 184 valence electrons. The zero-order chi connectivity index (χ0) is 25.4. The predicted molar refractivity (Wildman–Crippen MR) is 132 cm³/mol. The number of hydrogen-bond acceptors (Lipinski definition) is 6. The first-order valence-electron chi connectivity index (χ1n) is 11.3. The smallest absolute Gasteiger partial charge is 0.243 e. The van der Waals surface area contributed by atoms with E-state index in [9.17, 15) is 23.4 Å². The van der Waals surface area contributed by atoms with E-state index >= 15 is 0 Å². The van der Waals surface area contributed by atoms with Crippen molar-refractivity contribution in [2.75, 3.05) is 13.1 Å². The molecule has 1 aliphatic rings. The Kier molecular flexibility index (Phi) is 7.38. The molecule has 0 spiro atoms. The Balaban J connectivity index is 1.70. The third kappa shape index (κ3) is 4.81. The maximum Gasteiger partial charge on any atom is 0.243 e. The van der Waals surface area contributed by atoms with Crippen LogP contribution in [0.1, 0.15) is 53.1 Å². The summed E-state index contributed by atoms with van der Waals surface area (Å²) in [6, 6.07) is 4.14. The zero-order valence-electron chi connectivity index (χ0n) is 20.6. The molecule has 2 aromatic carbocycles. The van der Waals surface area contributed by atoms with Crippen LogP contribution >= 0.6 is 0 Å². The molecule has 0 saturated carbocycles. The molecule has 3 rings (SSSR count). The Morgan fingerprint density at radius 1 is 0.971 bits per heavy atom. The molecule has 1 heterocycles. The Morgan fingerprint density at radius 2 is 1.50 bits per heavy atom. The van der Waals surface area contributed by atoms with Crippen LogP contribution in [0.3, 0.4) is 0 Å². The van der Waals surface area contributed by atoms with Crippen molar-refractivity contribution in [3.63, 3.8) is 0 Å². The molecule has 0 atom stereocenters. The van der Waals surface area contributed by atoms with Crippen LogP contribution in [-0.4, -0.2) is 47.6 Å². The minimum absolute atomic E-state index is 0.0684. The highest BCUT2D eigenvalue weighted by Crippen LogP contribution is 2.33. The molecule has 0 bridgehead atoms. The Labute approximate surface area is 201 Å². The number of benzene rings is 2. The number of piperidine rings is 1. The van der Waals surface area contributed by atoms with Gasteiger partial charge in [-0.05, 0) is 94.3 Å². The lowest BCUT2D eigenvalue weighted by molar-refractivity contribution is -0.126. The van der Waals surface area contributed by atoms with Crippen LogP contribution in [0.4, 0.5) is 0 Å². The Morgan fingerprint density at radius 3 is 2.03 bits per heavy atom. The van der Waals surface area contributed by atoms with Crippen molar-refractivity contribution < 1.29 is 23.4 Å². The van der Waals surface area contributed by atoms with Gasteiger partial charge in [-0.2, -0.15) is 9.41 Å². The van der Waals surface area contributed by atoms with E-state index in [-0.39, 0.29) is 36.4 Å². The summed E-state index contributed by atoms with van der Waals surface area (Å²) < 4.78 is 28.5. The number of phenols is 2. The van der Waals surface area contributed by atoms with E-state index in [4.69, 9.17) is 0 Å². The highest BCUT2D eigenvalue weighted by atomic mass is 32.2. The van der Waals surface area contributed by atoms with Crippen LogP contribution in [0.15, 0.2) is 28.2 Å². The molecule has 8 nitrogen and oxygen atoms in total. The SMILES string of the molecule is C/C(=N/NC(=O)C1CCN(S(=O)(=O)c2c(C)c(C)c(C)c(C)c2C)CC1)c1ccc(O)cc1O. The van der Waals surface area contributed by atoms with Crippen LogP contribution in [0.5, 0.6) is 11.5 Å². The molecular weight excluding hydrogens is 454 g/mol. The number of rotatable bonds is 5. The maximum atomic E-state index is 13.5. The van der Waals surface area contributed by atoms with E-state index in [1.807, 2.05) is 34.6 Å². The van der Waals surface area contributed by atoms with Crippen LogP contribution < -0.4 is 5.43 Å². The number of carbonyl (C=O) groups excluding carboxylic acids is 1. The molecule has 0 aliphatic carbocycles. The van der Waals surface area contributed by atoms with Gasteiger partial charge < -0.3 is 10.2 Å². The van der Waals surface area contributed by atoms with Crippen molar-refractivity contribution in [2.45, 2.75) is 59.3 Å². The predicted octanol–water partition coefficient (Wildman–Crippen LogP) is 3.58. The second-order valence-electron chi connectivity index (χ2n) is 9.01. The van der Waals surface area contributed by atoms with Crippen molar-refractivity contribution in [2.24, 2.45) is 11.0 Å². The number of aromatic hydroxyl groups is 2. The van der Waals surface area contributed by atoms with Crippen LogP contribution in [-0.2, 0) is 14.8 Å². The number of sulfonamides is 1. The van der Waals surface area contributed by atoms with Crippen molar-refractivity contribution in [1.29, 1.82) is 0 Å². The molecule has 2 aromatic rings. The summed E-state index contributed by atoms with van der Waals surface area (Å²) in [6.45, 7) is 11.8. The average molecular weight is 488 g/mol. The van der Waals surface area contributed by atoms with Gasteiger partial charge in [0.25, 0.3) is 0 Å². The lowest BCUT2D eigenvalue weighted by atomic mass is 9.95. The molecule has 1 amide bonds. The normalized spacial score (nSPS) is 16.0.